The van der Waals surface area contributed by atoms with Crippen LogP contribution in [0.1, 0.15) is 0 Å². The van der Waals surface area contributed by atoms with E-state index in [2.05, 4.69) is 469 Å². The number of rotatable bonds is 9. The molecule has 0 amide bonds. The van der Waals surface area contributed by atoms with Crippen molar-refractivity contribution in [2.24, 2.45) is 0 Å². The molecule has 30 rings (SSSR count). The highest BCUT2D eigenvalue weighted by molar-refractivity contribution is 7.27. The van der Waals surface area contributed by atoms with Crippen LogP contribution < -0.4 is 0 Å². The number of fused-ring (bicyclic) bond motifs is 27. The summed E-state index contributed by atoms with van der Waals surface area (Å²) in [7, 11) is 0. The first-order valence-corrected chi connectivity index (χ1v) is 48.2. The predicted molar refractivity (Wildman–Crippen MR) is 575 cm³/mol. The Balaban J connectivity index is 0.000000101. The fraction of sp³-hybridized carbons (Fsp3) is 0. The average molecular weight is 1780 g/mol. The van der Waals surface area contributed by atoms with Gasteiger partial charge in [0.05, 0.1) is 33.1 Å². The molecule has 9 heteroatoms. The van der Waals surface area contributed by atoms with Gasteiger partial charge in [-0.25, -0.2) is 0 Å². The van der Waals surface area contributed by atoms with E-state index < -0.39 is 0 Å². The minimum absolute atomic E-state index is 0.892. The van der Waals surface area contributed by atoms with Gasteiger partial charge in [-0.15, -0.1) is 34.0 Å². The highest BCUT2D eigenvalue weighted by Gasteiger charge is 2.25. The highest BCUT2D eigenvalue weighted by Crippen LogP contribution is 2.51. The third-order valence-electron chi connectivity index (χ3n) is 27.6. The van der Waals surface area contributed by atoms with Crippen LogP contribution in [-0.4, -0.2) is 13.7 Å². The van der Waals surface area contributed by atoms with E-state index in [0.29, 0.717) is 0 Å². The zero-order valence-corrected chi connectivity index (χ0v) is 75.0. The molecule has 30 aromatic rings. The molecule has 0 aliphatic rings. The number of thiophene rings is 3. The molecule has 0 fully saturated rings. The first-order chi connectivity index (χ1) is 66.9. The second-order valence-corrected chi connectivity index (χ2v) is 38.2. The predicted octanol–water partition coefficient (Wildman–Crippen LogP) is 37.2. The molecule has 0 atom stereocenters. The van der Waals surface area contributed by atoms with E-state index in [-0.39, 0.29) is 0 Å². The second-order valence-electron chi connectivity index (χ2n) is 35.1. The summed E-state index contributed by atoms with van der Waals surface area (Å²) in [6.45, 7) is 0. The van der Waals surface area contributed by atoms with Crippen LogP contribution in [0.2, 0.25) is 0 Å². The van der Waals surface area contributed by atoms with E-state index in [0.717, 1.165) is 99.6 Å². The Bertz CT molecular complexity index is 9960. The van der Waals surface area contributed by atoms with Crippen LogP contribution in [-0.2, 0) is 0 Å². The Morgan fingerprint density at radius 2 is 0.393 bits per heavy atom. The van der Waals surface area contributed by atoms with E-state index in [4.69, 9.17) is 13.3 Å². The summed E-state index contributed by atoms with van der Waals surface area (Å²) < 4.78 is 35.0. The van der Waals surface area contributed by atoms with Crippen molar-refractivity contribution >= 4 is 226 Å². The molecule has 0 aliphatic carbocycles. The third kappa shape index (κ3) is 12.3. The van der Waals surface area contributed by atoms with Crippen LogP contribution in [0.3, 0.4) is 0 Å². The molecular formula is C126H75N3O3S3. The average Bonchev–Trinajstić information content (AvgIpc) is 1.58. The van der Waals surface area contributed by atoms with Crippen molar-refractivity contribution < 1.29 is 13.3 Å². The number of hydrogen-bond acceptors (Lipinski definition) is 6. The summed E-state index contributed by atoms with van der Waals surface area (Å²) >= 11 is 5.57. The minimum Gasteiger partial charge on any atom is -0.455 e. The van der Waals surface area contributed by atoms with Crippen molar-refractivity contribution in [2.75, 3.05) is 0 Å². The molecule has 0 spiro atoms. The van der Waals surface area contributed by atoms with Crippen molar-refractivity contribution in [1.82, 2.24) is 13.7 Å². The zero-order chi connectivity index (χ0) is 88.5. The Kier molecular flexibility index (Phi) is 17.6. The largest absolute Gasteiger partial charge is 0.455 e. The van der Waals surface area contributed by atoms with Gasteiger partial charge in [-0.3, -0.25) is 0 Å². The highest BCUT2D eigenvalue weighted by atomic mass is 32.1. The molecule has 9 heterocycles. The van der Waals surface area contributed by atoms with Gasteiger partial charge in [0, 0.05) is 176 Å². The first kappa shape index (κ1) is 76.9. The lowest BCUT2D eigenvalue weighted by Gasteiger charge is -2.09. The van der Waals surface area contributed by atoms with Gasteiger partial charge in [0.15, 0.2) is 0 Å². The minimum atomic E-state index is 0.892. The van der Waals surface area contributed by atoms with Crippen molar-refractivity contribution in [3.63, 3.8) is 0 Å². The van der Waals surface area contributed by atoms with Gasteiger partial charge in [0.2, 0.25) is 0 Å². The maximum atomic E-state index is 6.73. The Morgan fingerprint density at radius 1 is 0.148 bits per heavy atom. The molecule has 135 heavy (non-hydrogen) atoms. The molecule has 0 aliphatic heterocycles. The first-order valence-electron chi connectivity index (χ1n) is 45.8. The number of benzene rings is 21. The van der Waals surface area contributed by atoms with Crippen LogP contribution in [0.4, 0.5) is 0 Å². The maximum absolute atomic E-state index is 6.73. The Morgan fingerprint density at radius 3 is 0.711 bits per heavy atom. The third-order valence-corrected chi connectivity index (χ3v) is 31.3. The van der Waals surface area contributed by atoms with Gasteiger partial charge >= 0.3 is 0 Å². The number of para-hydroxylation sites is 6. The standard InChI is InChI=1S/C48H29NOS.C42H25NOS.C36H21NOS/c1-3-11-30(12-4-1)32-21-24-43-40(27-32)41-28-33(31-13-5-2-6-14-31)22-25-44(41)49(43)34-23-26-45-42(29-34)37-17-9-16-36(47(37)50-45)39-19-10-18-38-35-15-7-8-20-46(35)51-48(38)39;1-2-10-26(11-3-1)27-20-22-38-35(24-27)29-12-4-6-18-37(29)43(38)28-21-23-39-36(25-28)32-15-8-14-31(41(32)44-39)34-17-9-16-33-30-13-5-7-19-40(30)45-42(33)34;1-4-16-31-23(9-1)24-10-2-5-17-32(24)37(31)22-19-20-33-30(21-22)27-13-7-12-26(35(27)38-33)29-15-8-14-28-25-11-3-6-18-34(25)39-36(28)29/h1-29H;1-25H;1-21H. The summed E-state index contributed by atoms with van der Waals surface area (Å²) in [6, 6.07) is 164. The van der Waals surface area contributed by atoms with Gasteiger partial charge in [0.25, 0.3) is 0 Å². The van der Waals surface area contributed by atoms with Crippen LogP contribution in [0.5, 0.6) is 0 Å². The van der Waals surface area contributed by atoms with Gasteiger partial charge in [-0.05, 0) is 161 Å². The Labute approximate surface area is 785 Å². The van der Waals surface area contributed by atoms with Crippen LogP contribution >= 0.6 is 34.0 Å². The van der Waals surface area contributed by atoms with Crippen LogP contribution in [0.25, 0.3) is 276 Å². The molecule has 0 bridgehead atoms. The van der Waals surface area contributed by atoms with E-state index >= 15 is 0 Å². The van der Waals surface area contributed by atoms with Crippen molar-refractivity contribution in [3.05, 3.63) is 455 Å². The normalized spacial score (nSPS) is 12.0. The lowest BCUT2D eigenvalue weighted by molar-refractivity contribution is 0.669. The summed E-state index contributed by atoms with van der Waals surface area (Å²) in [6.07, 6.45) is 0. The molecule has 9 aromatic heterocycles. The smallest absolute Gasteiger partial charge is 0.143 e. The quantitative estimate of drug-likeness (QED) is 0.145. The lowest BCUT2D eigenvalue weighted by atomic mass is 10.00. The summed E-state index contributed by atoms with van der Waals surface area (Å²) in [5.41, 5.74) is 30.4. The van der Waals surface area contributed by atoms with Crippen LogP contribution in [0, 0.1) is 0 Å². The summed E-state index contributed by atoms with van der Waals surface area (Å²) in [5, 5.41) is 22.1. The SMILES string of the molecule is c1ccc(-c2ccc3c(c2)c2cc(-c4ccccc4)ccc2n3-c2ccc3oc4c(-c5cccc6c5sc5ccccc56)cccc4c3c2)cc1.c1ccc(-c2ccc3c(c2)c2ccccc2n3-c2ccc3oc4c(-c5cccc6c5sc5ccccc56)cccc4c3c2)cc1.c1ccc2c(c1)sc1c(-c3cccc4c3oc3ccc(-n5c6ccccc6c6ccccc65)cc34)cccc12. The zero-order valence-electron chi connectivity index (χ0n) is 72.6. The second kappa shape index (κ2) is 30.9. The topological polar surface area (TPSA) is 54.2 Å². The molecular weight excluding hydrogens is 1700 g/mol. The Hall–Kier alpha value is -16.9. The fourth-order valence-electron chi connectivity index (χ4n) is 21.5. The molecule has 0 radical (unpaired) electrons. The molecule has 630 valence electrons. The van der Waals surface area contributed by atoms with E-state index in [9.17, 15) is 0 Å². The van der Waals surface area contributed by atoms with Crippen molar-refractivity contribution in [2.45, 2.75) is 0 Å². The number of hydrogen-bond donors (Lipinski definition) is 0. The van der Waals surface area contributed by atoms with E-state index in [1.165, 1.54) is 176 Å². The van der Waals surface area contributed by atoms with Crippen molar-refractivity contribution in [3.8, 4) is 83.8 Å². The molecule has 0 N–H and O–H groups in total. The molecule has 0 unspecified atom stereocenters. The maximum Gasteiger partial charge on any atom is 0.143 e. The monoisotopic (exact) mass is 1770 g/mol. The summed E-state index contributed by atoms with van der Waals surface area (Å²) in [5.74, 6) is 0. The number of aromatic nitrogens is 3. The number of nitrogens with zero attached hydrogens (tertiary/aromatic N) is 3. The van der Waals surface area contributed by atoms with Gasteiger partial charge in [0.1, 0.15) is 33.5 Å². The fourth-order valence-corrected chi connectivity index (χ4v) is 25.2. The molecule has 6 nitrogen and oxygen atoms in total. The lowest BCUT2D eigenvalue weighted by Crippen LogP contribution is -1.93. The van der Waals surface area contributed by atoms with E-state index in [1.807, 2.05) is 34.0 Å². The number of furan rings is 3. The van der Waals surface area contributed by atoms with Gasteiger partial charge in [-0.1, -0.05) is 328 Å². The van der Waals surface area contributed by atoms with Gasteiger partial charge < -0.3 is 27.0 Å². The van der Waals surface area contributed by atoms with E-state index in [1.54, 1.807) is 0 Å². The van der Waals surface area contributed by atoms with Crippen LogP contribution in [0.15, 0.2) is 468 Å². The molecule has 0 saturated heterocycles. The summed E-state index contributed by atoms with van der Waals surface area (Å²) in [4.78, 5) is 0. The molecule has 21 aromatic carbocycles. The van der Waals surface area contributed by atoms with Gasteiger partial charge in [-0.2, -0.15) is 0 Å². The van der Waals surface area contributed by atoms with Crippen molar-refractivity contribution in [1.29, 1.82) is 0 Å². The molecule has 0 saturated carbocycles.